The molecule has 0 bridgehead atoms. The molecule has 1 aliphatic rings. The second-order valence-corrected chi connectivity index (χ2v) is 7.18. The Hall–Kier alpha value is -3.20. The van der Waals surface area contributed by atoms with Crippen LogP contribution in [0.15, 0.2) is 53.5 Å². The molecule has 2 aromatic carbocycles. The predicted molar refractivity (Wildman–Crippen MR) is 104 cm³/mol. The van der Waals surface area contributed by atoms with Crippen LogP contribution in [0.5, 0.6) is 0 Å². The van der Waals surface area contributed by atoms with E-state index in [0.29, 0.717) is 16.5 Å². The summed E-state index contributed by atoms with van der Waals surface area (Å²) in [5.74, 6) is -2.19. The van der Waals surface area contributed by atoms with Gasteiger partial charge in [-0.05, 0) is 42.5 Å². The maximum Gasteiger partial charge on any atom is 0.335 e. The average Bonchev–Trinajstić information content (AvgIpc) is 2.65. The minimum Gasteiger partial charge on any atom is -0.478 e. The first-order valence-corrected chi connectivity index (χ1v) is 9.13. The van der Waals surface area contributed by atoms with E-state index in [0.717, 1.165) is 11.8 Å². The van der Waals surface area contributed by atoms with Gasteiger partial charge in [-0.15, -0.1) is 0 Å². The zero-order valence-corrected chi connectivity index (χ0v) is 15.6. The number of rotatable bonds is 4. The quantitative estimate of drug-likeness (QED) is 0.820. The number of nitrogens with one attached hydrogen (secondary N) is 1. The Morgan fingerprint density at radius 1 is 1.25 bits per heavy atom. The van der Waals surface area contributed by atoms with Crippen LogP contribution in [0.4, 0.5) is 15.8 Å². The lowest BCUT2D eigenvalue weighted by atomic mass is 10.2. The zero-order chi connectivity index (χ0) is 20.3. The van der Waals surface area contributed by atoms with E-state index in [1.807, 2.05) is 0 Å². The minimum atomic E-state index is -1.06. The average molecular weight is 401 g/mol. The number of halogens is 1. The number of thioether (sulfide) groups is 1. The van der Waals surface area contributed by atoms with E-state index >= 15 is 0 Å². The topological polar surface area (TPSA) is 99.1 Å². The van der Waals surface area contributed by atoms with Gasteiger partial charge in [-0.25, -0.2) is 14.2 Å². The molecular formula is C19H16FN3O4S. The van der Waals surface area contributed by atoms with Crippen LogP contribution in [0.25, 0.3) is 0 Å². The highest BCUT2D eigenvalue weighted by molar-refractivity contribution is 8.15. The molecule has 1 heterocycles. The van der Waals surface area contributed by atoms with Gasteiger partial charge in [0.05, 0.1) is 11.3 Å². The SMILES string of the molecule is CN1C(=O)C[C@@H](C(=O)Nc2ccc(C(=O)O)cc2)SC1=Nc1cccc(F)c1. The smallest absolute Gasteiger partial charge is 0.335 e. The lowest BCUT2D eigenvalue weighted by molar-refractivity contribution is -0.128. The summed E-state index contributed by atoms with van der Waals surface area (Å²) < 4.78 is 13.4. The standard InChI is InChI=1S/C19H16FN3O4S/c1-23-16(24)10-15(28-19(23)22-14-4-2-3-12(20)9-14)17(25)21-13-7-5-11(6-8-13)18(26)27/h2-9,15H,10H2,1H3,(H,21,25)(H,26,27)/t15-/m0/s1. The Balaban J connectivity index is 1.75. The fraction of sp³-hybridized carbons (Fsp3) is 0.158. The predicted octanol–water partition coefficient (Wildman–Crippen LogP) is 3.11. The number of carboxylic acids is 1. The number of hydrogen-bond acceptors (Lipinski definition) is 5. The van der Waals surface area contributed by atoms with E-state index in [2.05, 4.69) is 10.3 Å². The Morgan fingerprint density at radius 3 is 2.61 bits per heavy atom. The first-order valence-electron chi connectivity index (χ1n) is 8.25. The maximum absolute atomic E-state index is 13.4. The summed E-state index contributed by atoms with van der Waals surface area (Å²) in [5.41, 5.74) is 0.865. The Labute approximate surface area is 164 Å². The second-order valence-electron chi connectivity index (χ2n) is 6.01. The Kier molecular flexibility index (Phi) is 5.74. The third-order valence-corrected chi connectivity index (χ3v) is 5.23. The molecule has 0 saturated carbocycles. The van der Waals surface area contributed by atoms with Crippen LogP contribution in [0, 0.1) is 5.82 Å². The molecule has 1 atom stereocenters. The van der Waals surface area contributed by atoms with Crippen LogP contribution < -0.4 is 5.32 Å². The van der Waals surface area contributed by atoms with Crippen LogP contribution in [-0.2, 0) is 9.59 Å². The molecule has 1 fully saturated rings. The number of nitrogens with zero attached hydrogens (tertiary/aromatic N) is 2. The van der Waals surface area contributed by atoms with Gasteiger partial charge < -0.3 is 10.4 Å². The van der Waals surface area contributed by atoms with Crippen LogP contribution in [0.2, 0.25) is 0 Å². The largest absolute Gasteiger partial charge is 0.478 e. The third-order valence-electron chi connectivity index (χ3n) is 3.99. The van der Waals surface area contributed by atoms with Gasteiger partial charge in [0.2, 0.25) is 11.8 Å². The molecule has 2 N–H and O–H groups in total. The second kappa shape index (κ2) is 8.22. The van der Waals surface area contributed by atoms with Crippen molar-refractivity contribution in [2.24, 2.45) is 4.99 Å². The number of hydrogen-bond donors (Lipinski definition) is 2. The number of benzene rings is 2. The molecule has 7 nitrogen and oxygen atoms in total. The number of amides is 2. The summed E-state index contributed by atoms with van der Waals surface area (Å²) in [6.07, 6.45) is -0.0115. The summed E-state index contributed by atoms with van der Waals surface area (Å²) in [6.45, 7) is 0. The summed E-state index contributed by atoms with van der Waals surface area (Å²) in [6, 6.07) is 11.3. The number of carboxylic acid groups (broad SMARTS) is 1. The summed E-state index contributed by atoms with van der Waals surface area (Å²) in [5, 5.41) is 11.2. The normalized spacial score (nSPS) is 18.2. The molecule has 9 heteroatoms. The lowest BCUT2D eigenvalue weighted by Gasteiger charge is -2.28. The van der Waals surface area contributed by atoms with Gasteiger partial charge in [-0.2, -0.15) is 0 Å². The van der Waals surface area contributed by atoms with Crippen molar-refractivity contribution in [2.75, 3.05) is 12.4 Å². The van der Waals surface area contributed by atoms with E-state index in [1.54, 1.807) is 13.1 Å². The van der Waals surface area contributed by atoms with Gasteiger partial charge in [0.15, 0.2) is 5.17 Å². The lowest BCUT2D eigenvalue weighted by Crippen LogP contribution is -2.43. The van der Waals surface area contributed by atoms with Gasteiger partial charge in [0.25, 0.3) is 0 Å². The number of carbonyl (C=O) groups excluding carboxylic acids is 2. The molecule has 1 aliphatic heterocycles. The molecular weight excluding hydrogens is 385 g/mol. The van der Waals surface area contributed by atoms with Crippen molar-refractivity contribution in [1.29, 1.82) is 0 Å². The van der Waals surface area contributed by atoms with Crippen LogP contribution in [0.3, 0.4) is 0 Å². The fourth-order valence-corrected chi connectivity index (χ4v) is 3.54. The van der Waals surface area contributed by atoms with Gasteiger partial charge >= 0.3 is 5.97 Å². The van der Waals surface area contributed by atoms with E-state index in [-0.39, 0.29) is 17.9 Å². The van der Waals surface area contributed by atoms with Gasteiger partial charge in [-0.1, -0.05) is 17.8 Å². The van der Waals surface area contributed by atoms with E-state index in [4.69, 9.17) is 5.11 Å². The fourth-order valence-electron chi connectivity index (χ4n) is 2.47. The van der Waals surface area contributed by atoms with E-state index < -0.39 is 22.9 Å². The molecule has 3 rings (SSSR count). The van der Waals surface area contributed by atoms with Crippen LogP contribution >= 0.6 is 11.8 Å². The molecule has 0 aliphatic carbocycles. The molecule has 0 unspecified atom stereocenters. The number of anilines is 1. The maximum atomic E-state index is 13.4. The molecule has 0 spiro atoms. The van der Waals surface area contributed by atoms with E-state index in [1.165, 1.54) is 47.4 Å². The highest BCUT2D eigenvalue weighted by Gasteiger charge is 2.34. The number of carbonyl (C=O) groups is 3. The van der Waals surface area contributed by atoms with Crippen molar-refractivity contribution >= 4 is 46.1 Å². The Bertz CT molecular complexity index is 962. The first kappa shape index (κ1) is 19.6. The van der Waals surface area contributed by atoms with Crippen molar-refractivity contribution in [3.05, 3.63) is 59.9 Å². The number of aliphatic imine (C=N–C) groups is 1. The van der Waals surface area contributed by atoms with E-state index in [9.17, 15) is 18.8 Å². The highest BCUT2D eigenvalue weighted by Crippen LogP contribution is 2.29. The van der Waals surface area contributed by atoms with Crippen molar-refractivity contribution in [2.45, 2.75) is 11.7 Å². The summed E-state index contributed by atoms with van der Waals surface area (Å²) in [7, 11) is 1.55. The third kappa shape index (κ3) is 4.55. The summed E-state index contributed by atoms with van der Waals surface area (Å²) in [4.78, 5) is 41.3. The molecule has 0 radical (unpaired) electrons. The van der Waals surface area contributed by atoms with Crippen LogP contribution in [0.1, 0.15) is 16.8 Å². The number of aromatic carboxylic acids is 1. The monoisotopic (exact) mass is 401 g/mol. The Morgan fingerprint density at radius 2 is 1.96 bits per heavy atom. The van der Waals surface area contributed by atoms with Crippen molar-refractivity contribution in [1.82, 2.24) is 4.90 Å². The van der Waals surface area contributed by atoms with Crippen molar-refractivity contribution in [3.8, 4) is 0 Å². The minimum absolute atomic E-state index is 0.0115. The van der Waals surface area contributed by atoms with Crippen molar-refractivity contribution < 1.29 is 23.9 Å². The first-order chi connectivity index (χ1) is 13.3. The van der Waals surface area contributed by atoms with Crippen LogP contribution in [-0.4, -0.2) is 45.3 Å². The molecule has 0 aromatic heterocycles. The number of amidine groups is 1. The molecule has 1 saturated heterocycles. The van der Waals surface area contributed by atoms with Gasteiger partial charge in [-0.3, -0.25) is 14.5 Å². The molecule has 2 amide bonds. The molecule has 2 aromatic rings. The van der Waals surface area contributed by atoms with Crippen molar-refractivity contribution in [3.63, 3.8) is 0 Å². The van der Waals surface area contributed by atoms with Gasteiger partial charge in [0, 0.05) is 19.2 Å². The summed E-state index contributed by atoms with van der Waals surface area (Å²) >= 11 is 1.11. The zero-order valence-electron chi connectivity index (χ0n) is 14.8. The molecule has 144 valence electrons. The molecule has 28 heavy (non-hydrogen) atoms. The highest BCUT2D eigenvalue weighted by atomic mass is 32.2. The van der Waals surface area contributed by atoms with Gasteiger partial charge in [0.1, 0.15) is 11.1 Å².